The maximum Gasteiger partial charge on any atom is 0.256 e. The predicted octanol–water partition coefficient (Wildman–Crippen LogP) is 4.71. The van der Waals surface area contributed by atoms with Crippen LogP contribution in [0.3, 0.4) is 0 Å². The maximum atomic E-state index is 13.1. The minimum Gasteiger partial charge on any atom is -0.493 e. The number of aromatic nitrogens is 3. The number of nitrogens with one attached hydrogen (secondary N) is 1. The molecular formula is C22H19FN4O3S. The average Bonchev–Trinajstić information content (AvgIpc) is 3.40. The molecule has 0 spiro atoms. The molecule has 7 nitrogen and oxygen atoms in total. The van der Waals surface area contributed by atoms with E-state index in [4.69, 9.17) is 9.47 Å². The lowest BCUT2D eigenvalue weighted by atomic mass is 10.1. The Kier molecular flexibility index (Phi) is 5.68. The van der Waals surface area contributed by atoms with Crippen LogP contribution in [0.2, 0.25) is 0 Å². The number of amides is 1. The quantitative estimate of drug-likeness (QED) is 0.472. The number of rotatable bonds is 6. The smallest absolute Gasteiger partial charge is 0.256 e. The first-order valence-corrected chi connectivity index (χ1v) is 10.2. The van der Waals surface area contributed by atoms with Gasteiger partial charge in [-0.15, -0.1) is 11.3 Å². The maximum absolute atomic E-state index is 13.1. The van der Waals surface area contributed by atoms with Crippen LogP contribution < -0.4 is 14.8 Å². The van der Waals surface area contributed by atoms with Gasteiger partial charge < -0.3 is 14.8 Å². The van der Waals surface area contributed by atoms with Gasteiger partial charge in [0.1, 0.15) is 11.6 Å². The highest BCUT2D eigenvalue weighted by molar-refractivity contribution is 7.12. The fourth-order valence-corrected chi connectivity index (χ4v) is 3.81. The Labute approximate surface area is 182 Å². The molecule has 9 heteroatoms. The van der Waals surface area contributed by atoms with Crippen molar-refractivity contribution in [3.05, 3.63) is 71.0 Å². The third-order valence-corrected chi connectivity index (χ3v) is 5.35. The van der Waals surface area contributed by atoms with Gasteiger partial charge >= 0.3 is 0 Å². The third kappa shape index (κ3) is 4.26. The van der Waals surface area contributed by atoms with Crippen LogP contribution in [0, 0.1) is 12.7 Å². The first-order chi connectivity index (χ1) is 15.0. The van der Waals surface area contributed by atoms with Crippen LogP contribution in [0.1, 0.15) is 16.1 Å². The van der Waals surface area contributed by atoms with Crippen molar-refractivity contribution < 1.29 is 18.7 Å². The van der Waals surface area contributed by atoms with E-state index in [0.29, 0.717) is 28.0 Å². The standard InChI is InChI=1S/C22H19FN4O3S/c1-13-10-20(25-21(28)14-4-7-16(23)8-5-14)27(26-13)22-24-17(12-31-22)15-6-9-18(29-2)19(11-15)30-3/h4-12H,1-3H3,(H,25,28). The summed E-state index contributed by atoms with van der Waals surface area (Å²) in [5.41, 5.74) is 2.67. The summed E-state index contributed by atoms with van der Waals surface area (Å²) in [6.45, 7) is 1.83. The molecule has 1 N–H and O–H groups in total. The highest BCUT2D eigenvalue weighted by atomic mass is 32.1. The van der Waals surface area contributed by atoms with Gasteiger partial charge in [0.15, 0.2) is 11.5 Å². The van der Waals surface area contributed by atoms with Crippen molar-refractivity contribution in [2.45, 2.75) is 6.92 Å². The summed E-state index contributed by atoms with van der Waals surface area (Å²) < 4.78 is 25.4. The molecule has 0 bridgehead atoms. The normalized spacial score (nSPS) is 10.7. The topological polar surface area (TPSA) is 78.3 Å². The van der Waals surface area contributed by atoms with Crippen molar-refractivity contribution in [3.8, 4) is 27.9 Å². The Bertz CT molecular complexity index is 1230. The van der Waals surface area contributed by atoms with Crippen molar-refractivity contribution in [3.63, 3.8) is 0 Å². The molecule has 4 aromatic rings. The number of carbonyl (C=O) groups is 1. The molecule has 2 aromatic heterocycles. The highest BCUT2D eigenvalue weighted by Crippen LogP contribution is 2.33. The van der Waals surface area contributed by atoms with Crippen molar-refractivity contribution in [2.24, 2.45) is 0 Å². The summed E-state index contributed by atoms with van der Waals surface area (Å²) >= 11 is 1.39. The monoisotopic (exact) mass is 438 g/mol. The van der Waals surface area contributed by atoms with E-state index >= 15 is 0 Å². The second kappa shape index (κ2) is 8.57. The van der Waals surface area contributed by atoms with E-state index in [1.807, 2.05) is 30.5 Å². The Morgan fingerprint density at radius 2 is 1.81 bits per heavy atom. The molecule has 0 aliphatic carbocycles. The molecule has 4 rings (SSSR count). The van der Waals surface area contributed by atoms with Gasteiger partial charge in [0.2, 0.25) is 5.13 Å². The lowest BCUT2D eigenvalue weighted by Crippen LogP contribution is -2.15. The summed E-state index contributed by atoms with van der Waals surface area (Å²) in [7, 11) is 3.16. The zero-order chi connectivity index (χ0) is 22.0. The molecule has 0 saturated heterocycles. The molecule has 2 aromatic carbocycles. The molecular weight excluding hydrogens is 419 g/mol. The van der Waals surface area contributed by atoms with Crippen molar-refractivity contribution in [1.82, 2.24) is 14.8 Å². The van der Waals surface area contributed by atoms with Crippen LogP contribution in [-0.2, 0) is 0 Å². The molecule has 0 aliphatic rings. The van der Waals surface area contributed by atoms with E-state index in [-0.39, 0.29) is 5.91 Å². The molecule has 0 unspecified atom stereocenters. The van der Waals surface area contributed by atoms with Crippen LogP contribution in [-0.4, -0.2) is 34.9 Å². The number of carbonyl (C=O) groups excluding carboxylic acids is 1. The number of nitrogens with zero attached hydrogens (tertiary/aromatic N) is 3. The van der Waals surface area contributed by atoms with Crippen LogP contribution in [0.15, 0.2) is 53.9 Å². The van der Waals surface area contributed by atoms with Crippen molar-refractivity contribution in [2.75, 3.05) is 19.5 Å². The number of methoxy groups -OCH3 is 2. The van der Waals surface area contributed by atoms with Crippen LogP contribution >= 0.6 is 11.3 Å². The summed E-state index contributed by atoms with van der Waals surface area (Å²) in [6, 6.07) is 12.7. The number of ether oxygens (including phenoxy) is 2. The number of hydrogen-bond acceptors (Lipinski definition) is 6. The van der Waals surface area contributed by atoms with Gasteiger partial charge in [-0.1, -0.05) is 0 Å². The summed E-state index contributed by atoms with van der Waals surface area (Å²) in [5, 5.41) is 9.76. The second-order valence-corrected chi connectivity index (χ2v) is 7.47. The Morgan fingerprint density at radius 1 is 1.06 bits per heavy atom. The lowest BCUT2D eigenvalue weighted by molar-refractivity contribution is 0.102. The molecule has 0 radical (unpaired) electrons. The number of hydrogen-bond donors (Lipinski definition) is 1. The zero-order valence-corrected chi connectivity index (χ0v) is 17.9. The van der Waals surface area contributed by atoms with Crippen LogP contribution in [0.5, 0.6) is 11.5 Å². The molecule has 158 valence electrons. The molecule has 0 fully saturated rings. The number of thiazole rings is 1. The largest absolute Gasteiger partial charge is 0.493 e. The molecule has 0 atom stereocenters. The first-order valence-electron chi connectivity index (χ1n) is 9.30. The number of aryl methyl sites for hydroxylation is 1. The lowest BCUT2D eigenvalue weighted by Gasteiger charge is -2.08. The highest BCUT2D eigenvalue weighted by Gasteiger charge is 2.16. The van der Waals surface area contributed by atoms with Gasteiger partial charge in [0, 0.05) is 22.6 Å². The molecule has 0 saturated carbocycles. The summed E-state index contributed by atoms with van der Waals surface area (Å²) in [4.78, 5) is 17.2. The number of anilines is 1. The molecule has 0 aliphatic heterocycles. The van der Waals surface area contributed by atoms with Gasteiger partial charge in [-0.25, -0.2) is 9.37 Å². The van der Waals surface area contributed by atoms with E-state index in [0.717, 1.165) is 17.0 Å². The first kappa shape index (κ1) is 20.5. The number of halogens is 1. The van der Waals surface area contributed by atoms with Crippen LogP contribution in [0.4, 0.5) is 10.2 Å². The van der Waals surface area contributed by atoms with Gasteiger partial charge in [-0.05, 0) is 49.4 Å². The average molecular weight is 438 g/mol. The fourth-order valence-electron chi connectivity index (χ4n) is 3.01. The Morgan fingerprint density at radius 3 is 2.52 bits per heavy atom. The predicted molar refractivity (Wildman–Crippen MR) is 117 cm³/mol. The van der Waals surface area contributed by atoms with Crippen molar-refractivity contribution in [1.29, 1.82) is 0 Å². The van der Waals surface area contributed by atoms with Gasteiger partial charge in [-0.2, -0.15) is 9.78 Å². The summed E-state index contributed by atoms with van der Waals surface area (Å²) in [5.74, 6) is 0.952. The second-order valence-electron chi connectivity index (χ2n) is 6.63. The Hall–Kier alpha value is -3.72. The SMILES string of the molecule is COc1ccc(-c2csc(-n3nc(C)cc3NC(=O)c3ccc(F)cc3)n2)cc1OC. The molecule has 1 amide bonds. The van der Waals surface area contributed by atoms with Gasteiger partial charge in [0.05, 0.1) is 25.6 Å². The van der Waals surface area contributed by atoms with Crippen molar-refractivity contribution >= 4 is 23.1 Å². The zero-order valence-electron chi connectivity index (χ0n) is 17.0. The van der Waals surface area contributed by atoms with E-state index in [9.17, 15) is 9.18 Å². The summed E-state index contributed by atoms with van der Waals surface area (Å²) in [6.07, 6.45) is 0. The van der Waals surface area contributed by atoms with E-state index in [1.165, 1.54) is 35.6 Å². The van der Waals surface area contributed by atoms with Gasteiger partial charge in [-0.3, -0.25) is 4.79 Å². The Balaban J connectivity index is 1.62. The van der Waals surface area contributed by atoms with E-state index in [1.54, 1.807) is 25.0 Å². The van der Waals surface area contributed by atoms with Gasteiger partial charge in [0.25, 0.3) is 5.91 Å². The van der Waals surface area contributed by atoms with E-state index < -0.39 is 5.82 Å². The molecule has 2 heterocycles. The van der Waals surface area contributed by atoms with E-state index in [2.05, 4.69) is 15.4 Å². The van der Waals surface area contributed by atoms with Crippen LogP contribution in [0.25, 0.3) is 16.4 Å². The fraction of sp³-hybridized carbons (Fsp3) is 0.136. The molecule has 31 heavy (non-hydrogen) atoms. The minimum atomic E-state index is -0.400. The third-order valence-electron chi connectivity index (χ3n) is 4.53. The minimum absolute atomic E-state index is 0.344. The number of benzene rings is 2.